The molecule has 0 spiro atoms. The zero-order valence-electron chi connectivity index (χ0n) is 25.4. The van der Waals surface area contributed by atoms with Crippen LogP contribution in [0.5, 0.6) is 0 Å². The molecule has 1 saturated carbocycles. The van der Waals surface area contributed by atoms with E-state index < -0.39 is 40.6 Å². The summed E-state index contributed by atoms with van der Waals surface area (Å²) < 4.78 is 5.80. The SMILES string of the molecule is CC(C)NC(CSC1CCC1SCC(NC(=O)C(C)(C)CCOC(C)(N)CCC(=O)C(C)(C)C)C(=O)O)C(=O)O. The third-order valence-corrected chi connectivity index (χ3v) is 10.2. The monoisotopic (exact) mass is 605 g/mol. The van der Waals surface area contributed by atoms with Gasteiger partial charge in [0.15, 0.2) is 0 Å². The molecular weight excluding hydrogens is 554 g/mol. The first-order valence-electron chi connectivity index (χ1n) is 14.0. The van der Waals surface area contributed by atoms with Gasteiger partial charge in [-0.25, -0.2) is 4.79 Å². The van der Waals surface area contributed by atoms with Gasteiger partial charge in [-0.1, -0.05) is 48.5 Å². The molecule has 0 heterocycles. The zero-order chi connectivity index (χ0) is 30.9. The van der Waals surface area contributed by atoms with E-state index in [1.807, 2.05) is 34.6 Å². The standard InChI is InChI=1S/C28H51N3O7S2/c1-17(2)30-18(23(33)34)15-39-20-9-10-21(20)40-16-19(24(35)36)31-25(37)27(6,7)13-14-38-28(8,29)12-11-22(32)26(3,4)5/h17-21,30H,9-16,29H2,1-8H3,(H,31,37)(H,33,34)(H,35,36). The molecule has 1 aliphatic carbocycles. The Kier molecular flexibility index (Phi) is 14.5. The van der Waals surface area contributed by atoms with E-state index in [9.17, 15) is 29.4 Å². The summed E-state index contributed by atoms with van der Waals surface area (Å²) in [6.07, 6.45) is 2.88. The number of Topliss-reactive ketones (excluding diaryl/α,β-unsaturated/α-hetero) is 1. The first-order chi connectivity index (χ1) is 18.2. The quantitative estimate of drug-likeness (QED) is 0.137. The van der Waals surface area contributed by atoms with Crippen LogP contribution in [0, 0.1) is 10.8 Å². The Balaban J connectivity index is 2.54. The van der Waals surface area contributed by atoms with Crippen molar-refractivity contribution in [2.45, 2.75) is 122 Å². The van der Waals surface area contributed by atoms with Crippen molar-refractivity contribution in [3.63, 3.8) is 0 Å². The van der Waals surface area contributed by atoms with Crippen molar-refractivity contribution in [1.82, 2.24) is 10.6 Å². The van der Waals surface area contributed by atoms with Crippen LogP contribution in [0.3, 0.4) is 0 Å². The van der Waals surface area contributed by atoms with E-state index in [0.717, 1.165) is 12.8 Å². The number of nitrogens with one attached hydrogen (secondary N) is 2. The summed E-state index contributed by atoms with van der Waals surface area (Å²) in [5.74, 6) is -1.58. The second-order valence-electron chi connectivity index (χ2n) is 12.9. The number of carboxylic acids is 2. The molecule has 40 heavy (non-hydrogen) atoms. The Morgan fingerprint density at radius 1 is 0.900 bits per heavy atom. The van der Waals surface area contributed by atoms with Crippen molar-refractivity contribution in [2.75, 3.05) is 18.1 Å². The lowest BCUT2D eigenvalue weighted by atomic mass is 9.87. The fraction of sp³-hybridized carbons (Fsp3) is 0.857. The number of amides is 1. The Hall–Kier alpha value is -1.34. The van der Waals surface area contributed by atoms with E-state index in [-0.39, 0.29) is 40.6 Å². The van der Waals surface area contributed by atoms with E-state index in [4.69, 9.17) is 10.5 Å². The van der Waals surface area contributed by atoms with Crippen molar-refractivity contribution in [3.05, 3.63) is 0 Å². The van der Waals surface area contributed by atoms with E-state index in [0.29, 0.717) is 25.0 Å². The molecule has 0 aromatic heterocycles. The highest BCUT2D eigenvalue weighted by Gasteiger charge is 2.36. The molecule has 10 nitrogen and oxygen atoms in total. The van der Waals surface area contributed by atoms with Gasteiger partial charge in [0.05, 0.1) is 0 Å². The molecule has 1 aliphatic rings. The molecule has 1 amide bonds. The number of carbonyl (C=O) groups excluding carboxylic acids is 2. The highest BCUT2D eigenvalue weighted by molar-refractivity contribution is 8.04. The van der Waals surface area contributed by atoms with Gasteiger partial charge in [0.1, 0.15) is 23.6 Å². The normalized spacial score (nSPS) is 20.8. The van der Waals surface area contributed by atoms with Crippen molar-refractivity contribution in [1.29, 1.82) is 0 Å². The topological polar surface area (TPSA) is 168 Å². The molecule has 1 rings (SSSR count). The molecule has 232 valence electrons. The van der Waals surface area contributed by atoms with Gasteiger partial charge in [0, 0.05) is 51.9 Å². The van der Waals surface area contributed by atoms with Crippen LogP contribution in [0.15, 0.2) is 0 Å². The molecule has 0 aromatic rings. The minimum atomic E-state index is -1.10. The molecule has 0 radical (unpaired) electrons. The maximum atomic E-state index is 13.0. The molecular formula is C28H51N3O7S2. The van der Waals surface area contributed by atoms with Crippen LogP contribution in [-0.2, 0) is 23.9 Å². The first kappa shape index (κ1) is 36.7. The number of aliphatic carboxylic acids is 2. The maximum Gasteiger partial charge on any atom is 0.327 e. The Bertz CT molecular complexity index is 874. The van der Waals surface area contributed by atoms with Gasteiger partial charge >= 0.3 is 11.9 Å². The second-order valence-corrected chi connectivity index (χ2v) is 15.4. The first-order valence-corrected chi connectivity index (χ1v) is 16.1. The lowest BCUT2D eigenvalue weighted by molar-refractivity contribution is -0.143. The maximum absolute atomic E-state index is 13.0. The highest BCUT2D eigenvalue weighted by atomic mass is 32.2. The van der Waals surface area contributed by atoms with Gasteiger partial charge in [-0.15, -0.1) is 0 Å². The minimum Gasteiger partial charge on any atom is -0.480 e. The van der Waals surface area contributed by atoms with Crippen LogP contribution in [0.25, 0.3) is 0 Å². The minimum absolute atomic E-state index is 0.0629. The van der Waals surface area contributed by atoms with E-state index in [1.54, 1.807) is 32.5 Å². The van der Waals surface area contributed by atoms with Crippen LogP contribution in [-0.4, -0.2) is 86.3 Å². The number of ether oxygens (including phenoxy) is 1. The van der Waals surface area contributed by atoms with Crippen LogP contribution in [0.2, 0.25) is 0 Å². The number of hydrogen-bond acceptors (Lipinski definition) is 9. The molecule has 1 fully saturated rings. The van der Waals surface area contributed by atoms with Crippen LogP contribution in [0.4, 0.5) is 0 Å². The van der Waals surface area contributed by atoms with Gasteiger partial charge in [0.2, 0.25) is 5.91 Å². The fourth-order valence-electron chi connectivity index (χ4n) is 3.84. The smallest absolute Gasteiger partial charge is 0.327 e. The van der Waals surface area contributed by atoms with Crippen molar-refractivity contribution < 1.29 is 34.1 Å². The van der Waals surface area contributed by atoms with Gasteiger partial charge in [-0.2, -0.15) is 23.5 Å². The largest absolute Gasteiger partial charge is 0.480 e. The summed E-state index contributed by atoms with van der Waals surface area (Å²) in [6, 6.07) is -1.61. The molecule has 5 atom stereocenters. The van der Waals surface area contributed by atoms with Gasteiger partial charge < -0.3 is 31.3 Å². The summed E-state index contributed by atoms with van der Waals surface area (Å²) in [5.41, 5.74) is 3.87. The summed E-state index contributed by atoms with van der Waals surface area (Å²) in [4.78, 5) is 48.6. The number of carboxylic acid groups (broad SMARTS) is 2. The average molecular weight is 606 g/mol. The van der Waals surface area contributed by atoms with Gasteiger partial charge in [0.25, 0.3) is 0 Å². The van der Waals surface area contributed by atoms with Crippen molar-refractivity contribution >= 4 is 47.2 Å². The summed E-state index contributed by atoms with van der Waals surface area (Å²) in [7, 11) is 0. The van der Waals surface area contributed by atoms with Crippen molar-refractivity contribution in [2.24, 2.45) is 16.6 Å². The Morgan fingerprint density at radius 3 is 1.82 bits per heavy atom. The average Bonchev–Trinajstić information content (AvgIpc) is 2.79. The summed E-state index contributed by atoms with van der Waals surface area (Å²) in [6.45, 7) is 14.8. The highest BCUT2D eigenvalue weighted by Crippen LogP contribution is 2.40. The summed E-state index contributed by atoms with van der Waals surface area (Å²) >= 11 is 3.12. The van der Waals surface area contributed by atoms with E-state index >= 15 is 0 Å². The van der Waals surface area contributed by atoms with Crippen LogP contribution < -0.4 is 16.4 Å². The molecule has 6 N–H and O–H groups in total. The third kappa shape index (κ3) is 13.1. The number of rotatable bonds is 19. The lowest BCUT2D eigenvalue weighted by Crippen LogP contribution is -2.49. The zero-order valence-corrected chi connectivity index (χ0v) is 27.0. The molecule has 12 heteroatoms. The molecule has 0 aliphatic heterocycles. The van der Waals surface area contributed by atoms with E-state index in [1.165, 1.54) is 11.8 Å². The Labute approximate surface area is 248 Å². The summed E-state index contributed by atoms with van der Waals surface area (Å²) in [5, 5.41) is 25.4. The van der Waals surface area contributed by atoms with E-state index in [2.05, 4.69) is 10.6 Å². The molecule has 0 saturated heterocycles. The third-order valence-electron chi connectivity index (χ3n) is 7.00. The lowest BCUT2D eigenvalue weighted by Gasteiger charge is -2.37. The number of hydrogen-bond donors (Lipinski definition) is 5. The van der Waals surface area contributed by atoms with Crippen LogP contribution in [0.1, 0.15) is 87.5 Å². The molecule has 5 unspecified atom stereocenters. The predicted molar refractivity (Wildman–Crippen MR) is 162 cm³/mol. The van der Waals surface area contributed by atoms with Crippen LogP contribution >= 0.6 is 23.5 Å². The predicted octanol–water partition coefficient (Wildman–Crippen LogP) is 3.51. The second kappa shape index (κ2) is 15.8. The van der Waals surface area contributed by atoms with Crippen molar-refractivity contribution in [3.8, 4) is 0 Å². The number of carbonyl (C=O) groups is 4. The number of nitrogens with two attached hydrogens (primary N) is 1. The van der Waals surface area contributed by atoms with Gasteiger partial charge in [-0.05, 0) is 32.6 Å². The molecule has 0 bridgehead atoms. The Morgan fingerprint density at radius 2 is 1.40 bits per heavy atom. The number of ketones is 1. The number of thioether (sulfide) groups is 2. The fourth-order valence-corrected chi connectivity index (χ4v) is 6.97. The molecule has 0 aromatic carbocycles. The van der Waals surface area contributed by atoms with Gasteiger partial charge in [-0.3, -0.25) is 14.4 Å².